The Kier molecular flexibility index (Phi) is 5.59. The van der Waals surface area contributed by atoms with E-state index in [9.17, 15) is 0 Å². The number of nitrogens with one attached hydrogen (secondary N) is 1. The van der Waals surface area contributed by atoms with E-state index in [0.29, 0.717) is 6.04 Å². The molecule has 1 atom stereocenters. The van der Waals surface area contributed by atoms with Crippen molar-refractivity contribution in [1.82, 2.24) is 10.3 Å². The third-order valence-electron chi connectivity index (χ3n) is 3.26. The number of ether oxygens (including phenoxy) is 2. The van der Waals surface area contributed by atoms with Gasteiger partial charge in [-0.1, -0.05) is 6.07 Å². The molecule has 0 fully saturated rings. The molecule has 1 aromatic carbocycles. The Bertz CT molecular complexity index is 583. The van der Waals surface area contributed by atoms with Crippen LogP contribution in [0.3, 0.4) is 0 Å². The summed E-state index contributed by atoms with van der Waals surface area (Å²) >= 11 is 1.70. The Morgan fingerprint density at radius 1 is 1.24 bits per heavy atom. The number of benzene rings is 1. The van der Waals surface area contributed by atoms with E-state index in [2.05, 4.69) is 28.7 Å². The molecule has 1 N–H and O–H groups in total. The predicted molar refractivity (Wildman–Crippen MR) is 86.4 cm³/mol. The quantitative estimate of drug-likeness (QED) is 0.853. The van der Waals surface area contributed by atoms with Crippen molar-refractivity contribution < 1.29 is 9.47 Å². The lowest BCUT2D eigenvalue weighted by Crippen LogP contribution is -2.27. The van der Waals surface area contributed by atoms with Gasteiger partial charge in [-0.05, 0) is 38.0 Å². The standard InChI is InChI=1S/C16H22N2O2S/c1-11(17-9-16-18-12(2)10-21-16)7-13-5-6-14(19-3)15(8-13)20-4/h5-6,8,10-11,17H,7,9H2,1-4H3. The maximum atomic E-state index is 5.34. The first-order chi connectivity index (χ1) is 10.1. The Labute approximate surface area is 130 Å². The Hall–Kier alpha value is -1.59. The molecule has 0 radical (unpaired) electrons. The van der Waals surface area contributed by atoms with Crippen molar-refractivity contribution >= 4 is 11.3 Å². The summed E-state index contributed by atoms with van der Waals surface area (Å²) in [6, 6.07) is 6.43. The average molecular weight is 306 g/mol. The summed E-state index contributed by atoms with van der Waals surface area (Å²) in [7, 11) is 3.31. The van der Waals surface area contributed by atoms with Gasteiger partial charge in [0, 0.05) is 23.7 Å². The molecule has 0 aliphatic rings. The van der Waals surface area contributed by atoms with Gasteiger partial charge in [0.25, 0.3) is 0 Å². The first kappa shape index (κ1) is 15.8. The first-order valence-electron chi connectivity index (χ1n) is 6.97. The number of rotatable bonds is 7. The normalized spacial score (nSPS) is 12.2. The molecule has 0 amide bonds. The summed E-state index contributed by atoms with van der Waals surface area (Å²) in [6.07, 6.45) is 0.935. The van der Waals surface area contributed by atoms with Crippen molar-refractivity contribution in [2.24, 2.45) is 0 Å². The first-order valence-corrected chi connectivity index (χ1v) is 7.85. The largest absolute Gasteiger partial charge is 0.493 e. The highest BCUT2D eigenvalue weighted by atomic mass is 32.1. The van der Waals surface area contributed by atoms with Crippen molar-refractivity contribution in [3.05, 3.63) is 39.8 Å². The molecular formula is C16H22N2O2S. The lowest BCUT2D eigenvalue weighted by molar-refractivity contribution is 0.354. The van der Waals surface area contributed by atoms with Crippen LogP contribution in [-0.2, 0) is 13.0 Å². The van der Waals surface area contributed by atoms with E-state index in [0.717, 1.165) is 35.2 Å². The Morgan fingerprint density at radius 2 is 2.00 bits per heavy atom. The zero-order valence-electron chi connectivity index (χ0n) is 13.0. The molecule has 1 aromatic heterocycles. The summed E-state index contributed by atoms with van der Waals surface area (Å²) < 4.78 is 10.6. The molecule has 1 heterocycles. The van der Waals surface area contributed by atoms with Crippen molar-refractivity contribution in [2.45, 2.75) is 32.9 Å². The number of aryl methyl sites for hydroxylation is 1. The fourth-order valence-electron chi connectivity index (χ4n) is 2.18. The van der Waals surface area contributed by atoms with Crippen LogP contribution in [0.15, 0.2) is 23.6 Å². The molecule has 4 nitrogen and oxygen atoms in total. The third-order valence-corrected chi connectivity index (χ3v) is 4.22. The molecule has 114 valence electrons. The number of aromatic nitrogens is 1. The lowest BCUT2D eigenvalue weighted by atomic mass is 10.1. The van der Waals surface area contributed by atoms with Gasteiger partial charge in [-0.2, -0.15) is 0 Å². The highest BCUT2D eigenvalue weighted by Gasteiger charge is 2.08. The van der Waals surface area contributed by atoms with Gasteiger partial charge < -0.3 is 14.8 Å². The zero-order chi connectivity index (χ0) is 15.2. The Balaban J connectivity index is 1.91. The van der Waals surface area contributed by atoms with Crippen molar-refractivity contribution in [2.75, 3.05) is 14.2 Å². The monoisotopic (exact) mass is 306 g/mol. The second-order valence-electron chi connectivity index (χ2n) is 5.06. The molecule has 0 spiro atoms. The summed E-state index contributed by atoms with van der Waals surface area (Å²) in [5, 5.41) is 6.71. The average Bonchev–Trinajstić information content (AvgIpc) is 2.90. The number of thiazole rings is 1. The third kappa shape index (κ3) is 4.44. The molecule has 0 bridgehead atoms. The summed E-state index contributed by atoms with van der Waals surface area (Å²) in [5.74, 6) is 1.54. The molecule has 2 aromatic rings. The second kappa shape index (κ2) is 7.43. The minimum atomic E-state index is 0.368. The van der Waals surface area contributed by atoms with Gasteiger partial charge in [-0.25, -0.2) is 4.98 Å². The van der Waals surface area contributed by atoms with E-state index in [4.69, 9.17) is 9.47 Å². The lowest BCUT2D eigenvalue weighted by Gasteiger charge is -2.14. The summed E-state index contributed by atoms with van der Waals surface area (Å²) in [6.45, 7) is 5.01. The van der Waals surface area contributed by atoms with Crippen LogP contribution in [-0.4, -0.2) is 25.2 Å². The van der Waals surface area contributed by atoms with E-state index in [1.807, 2.05) is 19.1 Å². The highest BCUT2D eigenvalue weighted by Crippen LogP contribution is 2.27. The van der Waals surface area contributed by atoms with Crippen LogP contribution in [0.2, 0.25) is 0 Å². The van der Waals surface area contributed by atoms with Gasteiger partial charge in [0.1, 0.15) is 5.01 Å². The van der Waals surface area contributed by atoms with Crippen LogP contribution in [0.5, 0.6) is 11.5 Å². The van der Waals surface area contributed by atoms with E-state index < -0.39 is 0 Å². The van der Waals surface area contributed by atoms with Gasteiger partial charge in [-0.15, -0.1) is 11.3 Å². The fraction of sp³-hybridized carbons (Fsp3) is 0.438. The second-order valence-corrected chi connectivity index (χ2v) is 6.00. The van der Waals surface area contributed by atoms with Crippen LogP contribution in [0.1, 0.15) is 23.2 Å². The van der Waals surface area contributed by atoms with E-state index in [1.54, 1.807) is 25.6 Å². The molecule has 21 heavy (non-hydrogen) atoms. The molecule has 0 aliphatic carbocycles. The maximum absolute atomic E-state index is 5.34. The van der Waals surface area contributed by atoms with Crippen LogP contribution in [0.25, 0.3) is 0 Å². The number of nitrogens with zero attached hydrogens (tertiary/aromatic N) is 1. The van der Waals surface area contributed by atoms with Crippen LogP contribution in [0.4, 0.5) is 0 Å². The number of hydrogen-bond acceptors (Lipinski definition) is 5. The highest BCUT2D eigenvalue weighted by molar-refractivity contribution is 7.09. The van der Waals surface area contributed by atoms with Gasteiger partial charge in [0.2, 0.25) is 0 Å². The zero-order valence-corrected chi connectivity index (χ0v) is 13.8. The number of hydrogen-bond donors (Lipinski definition) is 1. The van der Waals surface area contributed by atoms with Crippen LogP contribution in [0, 0.1) is 6.92 Å². The molecule has 0 saturated heterocycles. The van der Waals surface area contributed by atoms with Crippen LogP contribution >= 0.6 is 11.3 Å². The van der Waals surface area contributed by atoms with Gasteiger partial charge in [0.05, 0.1) is 14.2 Å². The molecule has 2 rings (SSSR count). The minimum Gasteiger partial charge on any atom is -0.493 e. The van der Waals surface area contributed by atoms with E-state index in [-0.39, 0.29) is 0 Å². The van der Waals surface area contributed by atoms with Gasteiger partial charge in [-0.3, -0.25) is 0 Å². The number of methoxy groups -OCH3 is 2. The molecule has 0 saturated carbocycles. The molecule has 1 unspecified atom stereocenters. The van der Waals surface area contributed by atoms with E-state index >= 15 is 0 Å². The van der Waals surface area contributed by atoms with Crippen molar-refractivity contribution in [3.8, 4) is 11.5 Å². The fourth-order valence-corrected chi connectivity index (χ4v) is 2.90. The predicted octanol–water partition coefficient (Wildman–Crippen LogP) is 3.19. The van der Waals surface area contributed by atoms with Crippen LogP contribution < -0.4 is 14.8 Å². The van der Waals surface area contributed by atoms with Gasteiger partial charge in [0.15, 0.2) is 11.5 Å². The molecule has 0 aliphatic heterocycles. The molecule has 5 heteroatoms. The van der Waals surface area contributed by atoms with E-state index in [1.165, 1.54) is 5.56 Å². The summed E-state index contributed by atoms with van der Waals surface area (Å²) in [5.41, 5.74) is 2.31. The topological polar surface area (TPSA) is 43.4 Å². The maximum Gasteiger partial charge on any atom is 0.160 e. The SMILES string of the molecule is COc1ccc(CC(C)NCc2nc(C)cs2)cc1OC. The van der Waals surface area contributed by atoms with Crippen molar-refractivity contribution in [1.29, 1.82) is 0 Å². The summed E-state index contributed by atoms with van der Waals surface area (Å²) in [4.78, 5) is 4.46. The molecular weight excluding hydrogens is 284 g/mol. The Morgan fingerprint density at radius 3 is 2.62 bits per heavy atom. The van der Waals surface area contributed by atoms with Crippen molar-refractivity contribution in [3.63, 3.8) is 0 Å². The van der Waals surface area contributed by atoms with Gasteiger partial charge >= 0.3 is 0 Å². The smallest absolute Gasteiger partial charge is 0.160 e. The minimum absolute atomic E-state index is 0.368.